The molecule has 7 nitrogen and oxygen atoms in total. The minimum Gasteiger partial charge on any atom is -0.497 e. The van der Waals surface area contributed by atoms with Gasteiger partial charge in [-0.05, 0) is 54.4 Å². The maximum atomic E-state index is 13.2. The zero-order chi connectivity index (χ0) is 20.1. The number of hydrogen-bond donors (Lipinski definition) is 1. The fraction of sp³-hybridized carbons (Fsp3) is 0.250. The minimum atomic E-state index is -3.86. The fourth-order valence-electron chi connectivity index (χ4n) is 3.50. The summed E-state index contributed by atoms with van der Waals surface area (Å²) in [6, 6.07) is 11.3. The highest BCUT2D eigenvalue weighted by atomic mass is 32.2. The maximum absolute atomic E-state index is 13.2. The molecule has 0 amide bonds. The van der Waals surface area contributed by atoms with Crippen LogP contribution in [0.15, 0.2) is 53.6 Å². The van der Waals surface area contributed by atoms with Gasteiger partial charge in [0, 0.05) is 17.5 Å². The summed E-state index contributed by atoms with van der Waals surface area (Å²) in [5.41, 5.74) is 1.20. The van der Waals surface area contributed by atoms with Gasteiger partial charge in [-0.25, -0.2) is 12.4 Å². The van der Waals surface area contributed by atoms with Gasteiger partial charge in [0.25, 0.3) is 10.0 Å². The van der Waals surface area contributed by atoms with Gasteiger partial charge in [0.2, 0.25) is 0 Å². The molecule has 2 aromatic carbocycles. The highest BCUT2D eigenvalue weighted by molar-refractivity contribution is 7.90. The Labute approximate surface area is 162 Å². The lowest BCUT2D eigenvalue weighted by atomic mass is 10.1. The molecule has 8 heteroatoms. The van der Waals surface area contributed by atoms with Crippen molar-refractivity contribution in [2.75, 3.05) is 14.2 Å². The Kier molecular flexibility index (Phi) is 4.30. The quantitative estimate of drug-likeness (QED) is 0.682. The van der Waals surface area contributed by atoms with Crippen molar-refractivity contribution < 1.29 is 27.8 Å². The lowest BCUT2D eigenvalue weighted by Crippen LogP contribution is -2.11. The van der Waals surface area contributed by atoms with E-state index in [1.807, 2.05) is 0 Å². The van der Waals surface area contributed by atoms with Crippen LogP contribution in [0.3, 0.4) is 0 Å². The van der Waals surface area contributed by atoms with Gasteiger partial charge >= 0.3 is 5.97 Å². The Morgan fingerprint density at radius 3 is 2.29 bits per heavy atom. The van der Waals surface area contributed by atoms with Gasteiger partial charge in [-0.2, -0.15) is 0 Å². The first-order valence-corrected chi connectivity index (χ1v) is 10.1. The van der Waals surface area contributed by atoms with Crippen molar-refractivity contribution in [1.82, 2.24) is 3.97 Å². The van der Waals surface area contributed by atoms with Crippen LogP contribution in [0.25, 0.3) is 10.9 Å². The van der Waals surface area contributed by atoms with E-state index in [0.717, 1.165) is 0 Å². The Morgan fingerprint density at radius 1 is 1.07 bits per heavy atom. The van der Waals surface area contributed by atoms with Crippen LogP contribution in [0.5, 0.6) is 11.5 Å². The highest BCUT2D eigenvalue weighted by Gasteiger charge is 2.46. The maximum Gasteiger partial charge on any atom is 0.307 e. The molecule has 0 aliphatic heterocycles. The molecule has 1 heterocycles. The SMILES string of the molecule is COc1ccc(S(=O)(=O)n2cc([C@@H]3C[C@@H]3C(=O)O)c3cc(OC)ccc32)cc1. The Bertz CT molecular complexity index is 1160. The van der Waals surface area contributed by atoms with E-state index in [1.54, 1.807) is 30.3 Å². The second kappa shape index (κ2) is 6.56. The van der Waals surface area contributed by atoms with E-state index in [1.165, 1.54) is 36.5 Å². The number of hydrogen-bond acceptors (Lipinski definition) is 5. The van der Waals surface area contributed by atoms with E-state index >= 15 is 0 Å². The molecule has 0 spiro atoms. The Hall–Kier alpha value is -3.00. The molecule has 0 bridgehead atoms. The van der Waals surface area contributed by atoms with Crippen molar-refractivity contribution in [3.8, 4) is 11.5 Å². The van der Waals surface area contributed by atoms with Crippen LogP contribution in [0, 0.1) is 5.92 Å². The van der Waals surface area contributed by atoms with Gasteiger partial charge in [-0.15, -0.1) is 0 Å². The minimum absolute atomic E-state index is 0.123. The summed E-state index contributed by atoms with van der Waals surface area (Å²) in [4.78, 5) is 11.5. The number of aliphatic carboxylic acids is 1. The van der Waals surface area contributed by atoms with Gasteiger partial charge in [0.1, 0.15) is 11.5 Å². The highest BCUT2D eigenvalue weighted by Crippen LogP contribution is 2.50. The van der Waals surface area contributed by atoms with Crippen molar-refractivity contribution in [3.05, 3.63) is 54.2 Å². The average molecular weight is 401 g/mol. The summed E-state index contributed by atoms with van der Waals surface area (Å²) in [7, 11) is -0.818. The molecular weight excluding hydrogens is 382 g/mol. The first-order chi connectivity index (χ1) is 13.4. The summed E-state index contributed by atoms with van der Waals surface area (Å²) in [5.74, 6) is -0.426. The van der Waals surface area contributed by atoms with Crippen molar-refractivity contribution in [2.24, 2.45) is 5.92 Å². The Balaban J connectivity index is 1.88. The molecule has 0 saturated heterocycles. The molecule has 3 aromatic rings. The number of benzene rings is 2. The van der Waals surface area contributed by atoms with Crippen LogP contribution in [0.2, 0.25) is 0 Å². The van der Waals surface area contributed by atoms with Gasteiger partial charge in [-0.3, -0.25) is 4.79 Å². The molecule has 1 aliphatic carbocycles. The molecule has 4 rings (SSSR count). The van der Waals surface area contributed by atoms with Crippen molar-refractivity contribution in [3.63, 3.8) is 0 Å². The lowest BCUT2D eigenvalue weighted by Gasteiger charge is -2.09. The molecule has 1 saturated carbocycles. The number of carboxylic acids is 1. The van der Waals surface area contributed by atoms with Gasteiger partial charge < -0.3 is 14.6 Å². The monoisotopic (exact) mass is 401 g/mol. The first kappa shape index (κ1) is 18.4. The largest absolute Gasteiger partial charge is 0.497 e. The molecule has 28 heavy (non-hydrogen) atoms. The summed E-state index contributed by atoms with van der Waals surface area (Å²) in [6.45, 7) is 0. The van der Waals surface area contributed by atoms with E-state index in [4.69, 9.17) is 9.47 Å². The molecule has 2 atom stereocenters. The predicted molar refractivity (Wildman–Crippen MR) is 103 cm³/mol. The lowest BCUT2D eigenvalue weighted by molar-refractivity contribution is -0.138. The number of nitrogens with zero attached hydrogens (tertiary/aromatic N) is 1. The summed E-state index contributed by atoms with van der Waals surface area (Å²) >= 11 is 0. The van der Waals surface area contributed by atoms with Crippen LogP contribution < -0.4 is 9.47 Å². The third-order valence-corrected chi connectivity index (χ3v) is 6.82. The van der Waals surface area contributed by atoms with Crippen LogP contribution in [-0.2, 0) is 14.8 Å². The molecule has 1 aromatic heterocycles. The first-order valence-electron chi connectivity index (χ1n) is 8.68. The van der Waals surface area contributed by atoms with Crippen LogP contribution in [0.1, 0.15) is 17.9 Å². The van der Waals surface area contributed by atoms with Crippen LogP contribution >= 0.6 is 0 Å². The third-order valence-electron chi connectivity index (χ3n) is 5.13. The molecular formula is C20H19NO6S. The summed E-state index contributed by atoms with van der Waals surface area (Å²) in [6.07, 6.45) is 2.03. The third kappa shape index (κ3) is 2.90. The van der Waals surface area contributed by atoms with E-state index in [-0.39, 0.29) is 10.8 Å². The molecule has 146 valence electrons. The molecule has 1 N–H and O–H groups in total. The van der Waals surface area contributed by atoms with Crippen LogP contribution in [0.4, 0.5) is 0 Å². The van der Waals surface area contributed by atoms with Crippen molar-refractivity contribution in [1.29, 1.82) is 0 Å². The van der Waals surface area contributed by atoms with Gasteiger partial charge in [0.15, 0.2) is 0 Å². The molecule has 0 unspecified atom stereocenters. The number of ether oxygens (including phenoxy) is 2. The molecule has 0 radical (unpaired) electrons. The predicted octanol–water partition coefficient (Wildman–Crippen LogP) is 3.08. The van der Waals surface area contributed by atoms with Crippen molar-refractivity contribution in [2.45, 2.75) is 17.2 Å². The standard InChI is InChI=1S/C20H19NO6S/c1-26-12-3-6-14(7-4-12)28(24,25)21-11-18(15-10-17(15)20(22)23)16-9-13(27-2)5-8-19(16)21/h3-9,11,15,17H,10H2,1-2H3,(H,22,23)/t15-,17+/m1/s1. The summed E-state index contributed by atoms with van der Waals surface area (Å²) < 4.78 is 38.1. The number of fused-ring (bicyclic) bond motifs is 1. The van der Waals surface area contributed by atoms with E-state index in [2.05, 4.69) is 0 Å². The van der Waals surface area contributed by atoms with Gasteiger partial charge in [0.05, 0.1) is 30.5 Å². The number of carboxylic acid groups (broad SMARTS) is 1. The summed E-state index contributed by atoms with van der Waals surface area (Å²) in [5, 5.41) is 9.98. The smallest absolute Gasteiger partial charge is 0.307 e. The van der Waals surface area contributed by atoms with E-state index in [0.29, 0.717) is 34.4 Å². The second-order valence-electron chi connectivity index (χ2n) is 6.73. The zero-order valence-electron chi connectivity index (χ0n) is 15.3. The second-order valence-corrected chi connectivity index (χ2v) is 8.55. The molecule has 1 fully saturated rings. The van der Waals surface area contributed by atoms with E-state index < -0.39 is 21.9 Å². The van der Waals surface area contributed by atoms with Crippen molar-refractivity contribution >= 4 is 26.9 Å². The normalized spacial score (nSPS) is 18.8. The fourth-order valence-corrected chi connectivity index (χ4v) is 4.88. The number of aromatic nitrogens is 1. The number of rotatable bonds is 6. The van der Waals surface area contributed by atoms with Crippen LogP contribution in [-0.4, -0.2) is 37.7 Å². The molecule has 1 aliphatic rings. The average Bonchev–Trinajstić information content (AvgIpc) is 3.41. The Morgan fingerprint density at radius 2 is 1.71 bits per heavy atom. The number of methoxy groups -OCH3 is 2. The zero-order valence-corrected chi connectivity index (χ0v) is 16.1. The topological polar surface area (TPSA) is 94.8 Å². The number of carbonyl (C=O) groups is 1. The van der Waals surface area contributed by atoms with E-state index in [9.17, 15) is 18.3 Å². The van der Waals surface area contributed by atoms with Gasteiger partial charge in [-0.1, -0.05) is 0 Å².